The van der Waals surface area contributed by atoms with Crippen molar-refractivity contribution in [3.63, 3.8) is 0 Å². The highest BCUT2D eigenvalue weighted by atomic mass is 35.5. The van der Waals surface area contributed by atoms with Crippen LogP contribution < -0.4 is 27.6 Å². The molecule has 11 nitrogen and oxygen atoms in total. The predicted octanol–water partition coefficient (Wildman–Crippen LogP) is 2.87. The van der Waals surface area contributed by atoms with Gasteiger partial charge >= 0.3 is 11.4 Å². The summed E-state index contributed by atoms with van der Waals surface area (Å²) in [7, 11) is 0. The Morgan fingerprint density at radius 1 is 1.08 bits per heavy atom. The number of carbonyl (C=O) groups excluding carboxylic acids is 1. The molecular weight excluding hydrogens is 500 g/mol. The van der Waals surface area contributed by atoms with Gasteiger partial charge in [0.05, 0.1) is 28.8 Å². The van der Waals surface area contributed by atoms with E-state index in [1.54, 1.807) is 12.1 Å². The number of aryl methyl sites for hydroxylation is 1. The minimum atomic E-state index is -1.42. The van der Waals surface area contributed by atoms with Crippen LogP contribution in [0.15, 0.2) is 62.2 Å². The number of hydrogen-bond acceptors (Lipinski definition) is 7. The van der Waals surface area contributed by atoms with Crippen LogP contribution >= 0.6 is 11.6 Å². The second kappa shape index (κ2) is 11.0. The smallest absolute Gasteiger partial charge is 0.353 e. The molecule has 0 unspecified atom stereocenters. The van der Waals surface area contributed by atoms with E-state index in [0.717, 1.165) is 20.4 Å². The summed E-state index contributed by atoms with van der Waals surface area (Å²) in [4.78, 5) is 54.0. The number of benzene rings is 2. The Balaban J connectivity index is 2.26. The minimum absolute atomic E-state index is 0.0258. The van der Waals surface area contributed by atoms with Crippen molar-refractivity contribution in [2.75, 3.05) is 5.84 Å². The fraction of sp³-hybridized carbons (Fsp3) is 0.360. The fourth-order valence-corrected chi connectivity index (χ4v) is 3.75. The number of hydrogen-bond donors (Lipinski definition) is 1. The number of aromatic nitrogens is 3. The van der Waals surface area contributed by atoms with E-state index in [-0.39, 0.29) is 18.3 Å². The van der Waals surface area contributed by atoms with Crippen molar-refractivity contribution in [1.82, 2.24) is 13.8 Å². The van der Waals surface area contributed by atoms with E-state index in [9.17, 15) is 19.3 Å². The Morgan fingerprint density at radius 3 is 2.30 bits per heavy atom. The summed E-state index contributed by atoms with van der Waals surface area (Å²) in [6.07, 6.45) is -0.0932. The van der Waals surface area contributed by atoms with Crippen molar-refractivity contribution in [1.29, 1.82) is 0 Å². The van der Waals surface area contributed by atoms with Crippen molar-refractivity contribution >= 4 is 23.2 Å². The van der Waals surface area contributed by atoms with Crippen molar-refractivity contribution in [2.24, 2.45) is 15.6 Å². The molecule has 0 radical (unpaired) electrons. The number of amides is 1. The lowest BCUT2D eigenvalue weighted by atomic mass is 9.93. The lowest BCUT2D eigenvalue weighted by molar-refractivity contribution is -0.126. The average molecular weight is 529 g/mol. The van der Waals surface area contributed by atoms with Gasteiger partial charge in [0, 0.05) is 11.7 Å². The summed E-state index contributed by atoms with van der Waals surface area (Å²) in [5.41, 5.74) is -1.13. The number of nitroso groups, excluding NO2 is 1. The van der Waals surface area contributed by atoms with E-state index in [2.05, 4.69) is 10.2 Å². The lowest BCUT2D eigenvalue weighted by Gasteiger charge is -2.21. The molecule has 0 spiro atoms. The van der Waals surface area contributed by atoms with Crippen LogP contribution in [0.25, 0.3) is 0 Å². The van der Waals surface area contributed by atoms with E-state index < -0.39 is 29.2 Å². The highest BCUT2D eigenvalue weighted by Crippen LogP contribution is 2.29. The van der Waals surface area contributed by atoms with Gasteiger partial charge in [-0.05, 0) is 58.4 Å². The highest BCUT2D eigenvalue weighted by Gasteiger charge is 2.31. The van der Waals surface area contributed by atoms with E-state index in [4.69, 9.17) is 22.2 Å². The van der Waals surface area contributed by atoms with Gasteiger partial charge in [0.2, 0.25) is 5.62 Å². The third-order valence-electron chi connectivity index (χ3n) is 5.54. The molecule has 3 aromatic rings. The zero-order valence-electron chi connectivity index (χ0n) is 21.3. The van der Waals surface area contributed by atoms with Gasteiger partial charge in [0.1, 0.15) is 5.75 Å². The Bertz CT molecular complexity index is 1520. The van der Waals surface area contributed by atoms with Gasteiger partial charge in [0.15, 0.2) is 0 Å². The van der Waals surface area contributed by atoms with E-state index in [0.29, 0.717) is 16.5 Å². The monoisotopic (exact) mass is 528 g/mol. The quantitative estimate of drug-likeness (QED) is 0.352. The summed E-state index contributed by atoms with van der Waals surface area (Å²) < 4.78 is 8.37. The molecule has 1 heterocycles. The summed E-state index contributed by atoms with van der Waals surface area (Å²) in [6.45, 7) is 8.10. The molecule has 0 aliphatic heterocycles. The molecule has 0 aliphatic carbocycles. The van der Waals surface area contributed by atoms with E-state index in [1.165, 1.54) is 24.5 Å². The first-order valence-corrected chi connectivity index (χ1v) is 11.9. The van der Waals surface area contributed by atoms with Crippen molar-refractivity contribution in [3.05, 3.63) is 90.1 Å². The number of rotatable bonds is 8. The van der Waals surface area contributed by atoms with Crippen molar-refractivity contribution < 1.29 is 9.53 Å². The van der Waals surface area contributed by atoms with Gasteiger partial charge < -0.3 is 10.6 Å². The van der Waals surface area contributed by atoms with Crippen LogP contribution in [-0.4, -0.2) is 25.8 Å². The number of nitrogens with zero attached hydrogens (tertiary/aromatic N) is 5. The summed E-state index contributed by atoms with van der Waals surface area (Å²) in [5, 5.41) is 2.74. The van der Waals surface area contributed by atoms with Crippen LogP contribution in [0.4, 0.5) is 5.69 Å². The fourth-order valence-electron chi connectivity index (χ4n) is 3.53. The maximum Gasteiger partial charge on any atom is 0.353 e. The molecule has 3 rings (SSSR count). The standard InChI is InChI=1S/C25H29ClN6O5/c1-15(2)37-20-11-10-18(12-19(20)26)28-22-30(13-17-8-6-16(3)7-9-17)23(34)31(24(35)32(22)27)14-25(4,5)21(33)29-36/h6-12,15H,13-14,27H2,1-5H3/b28-22-. The largest absolute Gasteiger partial charge is 0.489 e. The Hall–Kier alpha value is -3.99. The van der Waals surface area contributed by atoms with Crippen LogP contribution in [0.1, 0.15) is 38.8 Å². The second-order valence-electron chi connectivity index (χ2n) is 9.57. The number of nitrogen functional groups attached to an aromatic ring is 1. The molecule has 2 N–H and O–H groups in total. The molecule has 1 aromatic heterocycles. The van der Waals surface area contributed by atoms with Gasteiger partial charge in [-0.3, -0.25) is 9.36 Å². The number of halogens is 1. The normalized spacial score (nSPS) is 12.1. The van der Waals surface area contributed by atoms with Gasteiger partial charge in [-0.25, -0.2) is 19.1 Å². The van der Waals surface area contributed by atoms with Crippen LogP contribution in [0.5, 0.6) is 5.75 Å². The van der Waals surface area contributed by atoms with Crippen LogP contribution in [-0.2, 0) is 17.9 Å². The number of nitrogens with two attached hydrogens (primary N) is 1. The van der Waals surface area contributed by atoms with Crippen molar-refractivity contribution in [3.8, 4) is 5.75 Å². The molecule has 0 fully saturated rings. The zero-order chi connectivity index (χ0) is 27.5. The summed E-state index contributed by atoms with van der Waals surface area (Å²) >= 11 is 6.34. The molecule has 196 valence electrons. The highest BCUT2D eigenvalue weighted by molar-refractivity contribution is 6.32. The first-order chi connectivity index (χ1) is 17.3. The summed E-state index contributed by atoms with van der Waals surface area (Å²) in [6, 6.07) is 12.2. The van der Waals surface area contributed by atoms with Crippen LogP contribution in [0.2, 0.25) is 5.02 Å². The predicted molar refractivity (Wildman–Crippen MR) is 140 cm³/mol. The van der Waals surface area contributed by atoms with Gasteiger partial charge in [0.25, 0.3) is 5.91 Å². The summed E-state index contributed by atoms with van der Waals surface area (Å²) in [5.74, 6) is 5.60. The average Bonchev–Trinajstić information content (AvgIpc) is 2.84. The van der Waals surface area contributed by atoms with Crippen LogP contribution in [0, 0.1) is 17.2 Å². The molecule has 37 heavy (non-hydrogen) atoms. The topological polar surface area (TPSA) is 143 Å². The third-order valence-corrected chi connectivity index (χ3v) is 5.83. The zero-order valence-corrected chi connectivity index (χ0v) is 22.0. The number of ether oxygens (including phenoxy) is 1. The second-order valence-corrected chi connectivity index (χ2v) is 9.97. The van der Waals surface area contributed by atoms with Gasteiger partial charge in [-0.1, -0.05) is 41.4 Å². The maximum absolute atomic E-state index is 13.6. The molecule has 0 bridgehead atoms. The Kier molecular flexibility index (Phi) is 8.17. The van der Waals surface area contributed by atoms with Crippen molar-refractivity contribution in [2.45, 2.75) is 53.8 Å². The first kappa shape index (κ1) is 27.6. The Morgan fingerprint density at radius 2 is 1.73 bits per heavy atom. The lowest BCUT2D eigenvalue weighted by Crippen LogP contribution is -2.58. The first-order valence-electron chi connectivity index (χ1n) is 11.5. The molecule has 1 amide bonds. The molecule has 0 saturated carbocycles. The molecule has 0 atom stereocenters. The molecule has 0 aliphatic rings. The van der Waals surface area contributed by atoms with Gasteiger partial charge in [-0.15, -0.1) is 4.91 Å². The van der Waals surface area contributed by atoms with Crippen LogP contribution in [0.3, 0.4) is 0 Å². The molecule has 2 aromatic carbocycles. The Labute approximate surface area is 217 Å². The molecule has 0 saturated heterocycles. The third kappa shape index (κ3) is 6.23. The SMILES string of the molecule is Cc1ccc(Cn2c(=O)n(CC(C)(C)C(=O)N=O)c(=O)n(N)/c2=N\c2ccc(OC(C)C)c(Cl)c2)cc1. The van der Waals surface area contributed by atoms with Gasteiger partial charge in [-0.2, -0.15) is 4.68 Å². The van der Waals surface area contributed by atoms with E-state index >= 15 is 0 Å². The van der Waals surface area contributed by atoms with E-state index in [1.807, 2.05) is 45.0 Å². The molecular formula is C25H29ClN6O5. The number of carbonyl (C=O) groups is 1. The molecule has 12 heteroatoms. The minimum Gasteiger partial charge on any atom is -0.489 e. The maximum atomic E-state index is 13.6.